The summed E-state index contributed by atoms with van der Waals surface area (Å²) in [6, 6.07) is 5.08. The number of ether oxygens (including phenoxy) is 1. The van der Waals surface area contributed by atoms with Crippen molar-refractivity contribution >= 4 is 40.8 Å². The number of nitrogens with one attached hydrogen (secondary N) is 1. The number of fused-ring (bicyclic) bond motifs is 1. The fourth-order valence-corrected chi connectivity index (χ4v) is 3.21. The lowest BCUT2D eigenvalue weighted by molar-refractivity contribution is -0.137. The molecule has 0 radical (unpaired) electrons. The molecule has 0 bridgehead atoms. The molecule has 1 heterocycles. The molecule has 0 aliphatic carbocycles. The number of carbonyl (C=O) groups excluding carboxylic acids is 2. The molecule has 2 amide bonds. The second-order valence-corrected chi connectivity index (χ2v) is 7.22. The van der Waals surface area contributed by atoms with Crippen LogP contribution in [0.15, 0.2) is 36.4 Å². The van der Waals surface area contributed by atoms with E-state index in [4.69, 9.17) is 16.3 Å². The molecule has 7 nitrogen and oxygen atoms in total. The number of hydrogen-bond acceptors (Lipinski definition) is 4. The molecule has 31 heavy (non-hydrogen) atoms. The lowest BCUT2D eigenvalue weighted by atomic mass is 10.1. The Labute approximate surface area is 179 Å². The van der Waals surface area contributed by atoms with Crippen LogP contribution in [0.3, 0.4) is 0 Å². The van der Waals surface area contributed by atoms with Gasteiger partial charge in [-0.15, -0.1) is 0 Å². The number of alkyl halides is 3. The normalized spacial score (nSPS) is 16.9. The zero-order valence-corrected chi connectivity index (χ0v) is 16.9. The molecule has 11 heteroatoms. The Kier molecular flexibility index (Phi) is 5.86. The van der Waals surface area contributed by atoms with Crippen LogP contribution < -0.4 is 15.0 Å². The zero-order chi connectivity index (χ0) is 23.1. The Morgan fingerprint density at radius 1 is 1.23 bits per heavy atom. The maximum atomic E-state index is 13.0. The Bertz CT molecular complexity index is 1070. The number of nitrogens with zero attached hydrogens (tertiary/aromatic N) is 1. The molecule has 0 spiro atoms. The Balaban J connectivity index is 1.95. The van der Waals surface area contributed by atoms with Crippen molar-refractivity contribution in [2.75, 3.05) is 10.2 Å². The van der Waals surface area contributed by atoms with Gasteiger partial charge in [-0.2, -0.15) is 13.2 Å². The first-order chi connectivity index (χ1) is 14.4. The van der Waals surface area contributed by atoms with Gasteiger partial charge in [0.05, 0.1) is 27.5 Å². The average molecular weight is 457 g/mol. The van der Waals surface area contributed by atoms with E-state index < -0.39 is 41.7 Å². The van der Waals surface area contributed by atoms with E-state index in [1.807, 2.05) is 0 Å². The smallest absolute Gasteiger partial charge is 0.416 e. The van der Waals surface area contributed by atoms with Crippen LogP contribution in [-0.2, 0) is 15.8 Å². The highest BCUT2D eigenvalue weighted by Crippen LogP contribution is 2.37. The predicted octanol–water partition coefficient (Wildman–Crippen LogP) is 4.20. The van der Waals surface area contributed by atoms with Crippen LogP contribution in [-0.4, -0.2) is 35.0 Å². The van der Waals surface area contributed by atoms with Crippen molar-refractivity contribution in [1.29, 1.82) is 0 Å². The molecule has 2 unspecified atom stereocenters. The van der Waals surface area contributed by atoms with Gasteiger partial charge in [-0.1, -0.05) is 11.6 Å². The van der Waals surface area contributed by atoms with Crippen molar-refractivity contribution in [3.63, 3.8) is 0 Å². The number of carbonyl (C=O) groups is 3. The third kappa shape index (κ3) is 4.43. The monoisotopic (exact) mass is 456 g/mol. The summed E-state index contributed by atoms with van der Waals surface area (Å²) in [6.45, 7) is 2.81. The lowest BCUT2D eigenvalue weighted by Gasteiger charge is -2.36. The molecule has 0 saturated heterocycles. The van der Waals surface area contributed by atoms with Gasteiger partial charge in [-0.3, -0.25) is 14.5 Å². The van der Waals surface area contributed by atoms with Crippen LogP contribution in [0.4, 0.5) is 24.5 Å². The molecule has 2 atom stereocenters. The van der Waals surface area contributed by atoms with Crippen LogP contribution >= 0.6 is 11.6 Å². The Morgan fingerprint density at radius 3 is 2.52 bits per heavy atom. The van der Waals surface area contributed by atoms with Crippen molar-refractivity contribution in [2.45, 2.75) is 32.2 Å². The zero-order valence-electron chi connectivity index (χ0n) is 16.2. The third-order valence-electron chi connectivity index (χ3n) is 4.67. The van der Waals surface area contributed by atoms with Gasteiger partial charge in [0, 0.05) is 0 Å². The van der Waals surface area contributed by atoms with Gasteiger partial charge in [0.15, 0.2) is 6.10 Å². The summed E-state index contributed by atoms with van der Waals surface area (Å²) >= 11 is 5.92. The van der Waals surface area contributed by atoms with Gasteiger partial charge in [0.25, 0.3) is 5.91 Å². The Hall–Kier alpha value is -3.27. The molecule has 164 valence electrons. The van der Waals surface area contributed by atoms with Crippen molar-refractivity contribution in [3.8, 4) is 5.75 Å². The van der Waals surface area contributed by atoms with Crippen LogP contribution in [0.2, 0.25) is 5.02 Å². The van der Waals surface area contributed by atoms with Crippen LogP contribution in [0.5, 0.6) is 5.75 Å². The standard InChI is InChI=1S/C20H16ClF3N2O5/c1-9(17(27)25-14-8-12(20(22,23)24)4-5-13(14)21)26-15-7-11(19(29)30)3-6-16(15)31-10(2)18(26)28/h3-10H,1-2H3,(H,25,27)(H,29,30). The molecule has 3 rings (SSSR count). The number of aromatic carboxylic acids is 1. The number of halogens is 4. The van der Waals surface area contributed by atoms with Gasteiger partial charge in [0.1, 0.15) is 11.8 Å². The number of anilines is 2. The first kappa shape index (κ1) is 22.4. The largest absolute Gasteiger partial charge is 0.479 e. The topological polar surface area (TPSA) is 95.9 Å². The highest BCUT2D eigenvalue weighted by atomic mass is 35.5. The highest BCUT2D eigenvalue weighted by molar-refractivity contribution is 6.33. The van der Waals surface area contributed by atoms with Gasteiger partial charge in [-0.05, 0) is 50.2 Å². The minimum Gasteiger partial charge on any atom is -0.479 e. The second kappa shape index (κ2) is 8.10. The van der Waals surface area contributed by atoms with E-state index in [2.05, 4.69) is 5.32 Å². The number of hydrogen-bond donors (Lipinski definition) is 2. The number of carboxylic acid groups (broad SMARTS) is 1. The lowest BCUT2D eigenvalue weighted by Crippen LogP contribution is -2.52. The van der Waals surface area contributed by atoms with Gasteiger partial charge >= 0.3 is 12.1 Å². The van der Waals surface area contributed by atoms with Crippen LogP contribution in [0.1, 0.15) is 29.8 Å². The molecule has 0 aromatic heterocycles. The van der Waals surface area contributed by atoms with E-state index >= 15 is 0 Å². The molecular formula is C20H16ClF3N2O5. The molecule has 1 aliphatic rings. The first-order valence-corrected chi connectivity index (χ1v) is 9.32. The van der Waals surface area contributed by atoms with E-state index in [1.54, 1.807) is 0 Å². The van der Waals surface area contributed by atoms with E-state index in [0.29, 0.717) is 6.07 Å². The van der Waals surface area contributed by atoms with E-state index in [1.165, 1.54) is 32.0 Å². The summed E-state index contributed by atoms with van der Waals surface area (Å²) in [7, 11) is 0. The summed E-state index contributed by atoms with van der Waals surface area (Å²) in [5.74, 6) is -2.50. The van der Waals surface area contributed by atoms with Crippen LogP contribution in [0, 0.1) is 0 Å². The SMILES string of the molecule is CC1Oc2ccc(C(=O)O)cc2N(C(C)C(=O)Nc2cc(C(F)(F)F)ccc2Cl)C1=O. The molecule has 2 N–H and O–H groups in total. The molecule has 2 aromatic carbocycles. The van der Waals surface area contributed by atoms with E-state index in [9.17, 15) is 32.7 Å². The number of carboxylic acids is 1. The van der Waals surface area contributed by atoms with Crippen molar-refractivity contribution in [3.05, 3.63) is 52.5 Å². The van der Waals surface area contributed by atoms with Crippen molar-refractivity contribution in [1.82, 2.24) is 0 Å². The number of amides is 2. The van der Waals surface area contributed by atoms with Gasteiger partial charge in [0.2, 0.25) is 5.91 Å². The quantitative estimate of drug-likeness (QED) is 0.719. The predicted molar refractivity (Wildman–Crippen MR) is 106 cm³/mol. The Morgan fingerprint density at radius 2 is 1.90 bits per heavy atom. The van der Waals surface area contributed by atoms with Crippen molar-refractivity contribution < 1.29 is 37.4 Å². The summed E-state index contributed by atoms with van der Waals surface area (Å²) in [6.07, 6.45) is -5.60. The summed E-state index contributed by atoms with van der Waals surface area (Å²) in [5, 5.41) is 11.4. The number of rotatable bonds is 4. The molecule has 0 fully saturated rings. The first-order valence-electron chi connectivity index (χ1n) is 8.95. The van der Waals surface area contributed by atoms with Crippen LogP contribution in [0.25, 0.3) is 0 Å². The molecule has 0 saturated carbocycles. The minimum atomic E-state index is -4.64. The summed E-state index contributed by atoms with van der Waals surface area (Å²) < 4.78 is 44.4. The average Bonchev–Trinajstić information content (AvgIpc) is 2.68. The van der Waals surface area contributed by atoms with E-state index in [-0.39, 0.29) is 27.7 Å². The number of benzene rings is 2. The summed E-state index contributed by atoms with van der Waals surface area (Å²) in [5.41, 5.74) is -1.36. The maximum absolute atomic E-state index is 13.0. The van der Waals surface area contributed by atoms with Gasteiger partial charge in [-0.25, -0.2) is 4.79 Å². The molecule has 1 aliphatic heterocycles. The van der Waals surface area contributed by atoms with Gasteiger partial charge < -0.3 is 15.2 Å². The third-order valence-corrected chi connectivity index (χ3v) is 5.00. The summed E-state index contributed by atoms with van der Waals surface area (Å²) in [4.78, 5) is 37.9. The minimum absolute atomic E-state index is 0.0563. The second-order valence-electron chi connectivity index (χ2n) is 6.81. The molecule has 2 aromatic rings. The van der Waals surface area contributed by atoms with E-state index in [0.717, 1.165) is 17.0 Å². The fourth-order valence-electron chi connectivity index (χ4n) is 3.05. The fraction of sp³-hybridized carbons (Fsp3) is 0.250. The maximum Gasteiger partial charge on any atom is 0.416 e. The highest BCUT2D eigenvalue weighted by Gasteiger charge is 2.38. The van der Waals surface area contributed by atoms with Crippen molar-refractivity contribution in [2.24, 2.45) is 0 Å². The molecular weight excluding hydrogens is 441 g/mol.